The van der Waals surface area contributed by atoms with Crippen LogP contribution in [-0.4, -0.2) is 30.6 Å². The predicted molar refractivity (Wildman–Crippen MR) is 74.1 cm³/mol. The molecule has 0 amide bonds. The van der Waals surface area contributed by atoms with Gasteiger partial charge in [-0.25, -0.2) is 0 Å². The van der Waals surface area contributed by atoms with Gasteiger partial charge in [-0.2, -0.15) is 0 Å². The maximum Gasteiger partial charge on any atom is 0.0354 e. The topological polar surface area (TPSA) is 29.3 Å². The Kier molecular flexibility index (Phi) is 4.48. The number of rotatable bonds is 5. The minimum Gasteiger partial charge on any atom is -0.326 e. The predicted octanol–water partition coefficient (Wildman–Crippen LogP) is 3.16. The van der Waals surface area contributed by atoms with Crippen LogP contribution in [0.3, 0.4) is 0 Å². The molecule has 1 atom stereocenters. The van der Waals surface area contributed by atoms with Crippen LogP contribution in [-0.2, 0) is 0 Å². The minimum atomic E-state index is 0.318. The zero-order valence-electron chi connectivity index (χ0n) is 11.8. The average molecular weight is 238 g/mol. The normalized spacial score (nSPS) is 26.8. The smallest absolute Gasteiger partial charge is 0.0354 e. The van der Waals surface area contributed by atoms with E-state index in [0.717, 1.165) is 5.92 Å². The molecule has 2 saturated carbocycles. The summed E-state index contributed by atoms with van der Waals surface area (Å²) in [5.41, 5.74) is 6.87. The highest BCUT2D eigenvalue weighted by atomic mass is 15.2. The lowest BCUT2D eigenvalue weighted by Gasteiger charge is -2.42. The zero-order chi connectivity index (χ0) is 12.3. The second-order valence-corrected chi connectivity index (χ2v) is 6.54. The van der Waals surface area contributed by atoms with Crippen molar-refractivity contribution in [1.29, 1.82) is 0 Å². The molecule has 2 aliphatic carbocycles. The van der Waals surface area contributed by atoms with Gasteiger partial charge in [0.15, 0.2) is 0 Å². The van der Waals surface area contributed by atoms with Crippen LogP contribution in [0.15, 0.2) is 0 Å². The molecule has 100 valence electrons. The molecule has 0 bridgehead atoms. The van der Waals surface area contributed by atoms with Crippen LogP contribution in [0.2, 0.25) is 0 Å². The van der Waals surface area contributed by atoms with Gasteiger partial charge in [-0.05, 0) is 45.7 Å². The van der Waals surface area contributed by atoms with E-state index in [0.29, 0.717) is 11.6 Å². The summed E-state index contributed by atoms with van der Waals surface area (Å²) < 4.78 is 0. The molecule has 0 radical (unpaired) electrons. The first-order valence-corrected chi connectivity index (χ1v) is 7.58. The monoisotopic (exact) mass is 238 g/mol. The Morgan fingerprint density at radius 2 is 1.71 bits per heavy atom. The number of nitrogens with two attached hydrogens (primary N) is 1. The van der Waals surface area contributed by atoms with Crippen LogP contribution >= 0.6 is 0 Å². The summed E-state index contributed by atoms with van der Waals surface area (Å²) in [6.45, 7) is 0. The van der Waals surface area contributed by atoms with Crippen molar-refractivity contribution in [3.05, 3.63) is 0 Å². The summed E-state index contributed by atoms with van der Waals surface area (Å²) in [4.78, 5) is 2.42. The maximum absolute atomic E-state index is 6.55. The SMILES string of the molecule is CN(C)C1(C(N)CCC2CCCC2)CCCC1. The molecule has 1 unspecified atom stereocenters. The molecule has 2 aliphatic rings. The summed E-state index contributed by atoms with van der Waals surface area (Å²) >= 11 is 0. The second kappa shape index (κ2) is 5.71. The van der Waals surface area contributed by atoms with Crippen LogP contribution in [0.25, 0.3) is 0 Å². The standard InChI is InChI=1S/C15H30N2/c1-17(2)15(11-5-6-12-15)14(16)10-9-13-7-3-4-8-13/h13-14H,3-12,16H2,1-2H3. The molecule has 0 aromatic heterocycles. The number of hydrogen-bond donors (Lipinski definition) is 1. The van der Waals surface area contributed by atoms with Crippen molar-refractivity contribution in [2.45, 2.75) is 75.8 Å². The molecule has 2 heteroatoms. The fourth-order valence-electron chi connectivity index (χ4n) is 4.12. The molecule has 0 aliphatic heterocycles. The van der Waals surface area contributed by atoms with Crippen molar-refractivity contribution in [2.75, 3.05) is 14.1 Å². The summed E-state index contributed by atoms with van der Waals surface area (Å²) in [6, 6.07) is 0.389. The van der Waals surface area contributed by atoms with E-state index < -0.39 is 0 Å². The summed E-state index contributed by atoms with van der Waals surface area (Å²) in [7, 11) is 4.45. The van der Waals surface area contributed by atoms with Crippen LogP contribution in [0.4, 0.5) is 0 Å². The van der Waals surface area contributed by atoms with Crippen LogP contribution in [0.1, 0.15) is 64.2 Å². The molecule has 17 heavy (non-hydrogen) atoms. The molecule has 2 fully saturated rings. The average Bonchev–Trinajstić information content (AvgIpc) is 2.97. The van der Waals surface area contributed by atoms with Gasteiger partial charge in [0.25, 0.3) is 0 Å². The van der Waals surface area contributed by atoms with Crippen molar-refractivity contribution >= 4 is 0 Å². The highest BCUT2D eigenvalue weighted by Gasteiger charge is 2.41. The summed E-state index contributed by atoms with van der Waals surface area (Å²) in [5.74, 6) is 0.988. The van der Waals surface area contributed by atoms with Gasteiger partial charge in [0.05, 0.1) is 0 Å². The molecular formula is C15H30N2. The third kappa shape index (κ3) is 2.85. The molecule has 2 nitrogen and oxygen atoms in total. The highest BCUT2D eigenvalue weighted by molar-refractivity contribution is 5.00. The lowest BCUT2D eigenvalue weighted by Crippen LogP contribution is -2.55. The van der Waals surface area contributed by atoms with Gasteiger partial charge >= 0.3 is 0 Å². The Labute approximate surface area is 107 Å². The van der Waals surface area contributed by atoms with Crippen molar-refractivity contribution < 1.29 is 0 Å². The van der Waals surface area contributed by atoms with Gasteiger partial charge in [0.1, 0.15) is 0 Å². The Hall–Kier alpha value is -0.0800. The van der Waals surface area contributed by atoms with E-state index in [1.807, 2.05) is 0 Å². The van der Waals surface area contributed by atoms with E-state index in [4.69, 9.17) is 5.73 Å². The Balaban J connectivity index is 1.85. The van der Waals surface area contributed by atoms with Crippen molar-refractivity contribution in [2.24, 2.45) is 11.7 Å². The first kappa shape index (κ1) is 13.4. The van der Waals surface area contributed by atoms with Crippen molar-refractivity contribution in [3.8, 4) is 0 Å². The molecule has 0 saturated heterocycles. The lowest BCUT2D eigenvalue weighted by molar-refractivity contribution is 0.115. The first-order chi connectivity index (χ1) is 8.15. The van der Waals surface area contributed by atoms with Gasteiger partial charge in [-0.15, -0.1) is 0 Å². The van der Waals surface area contributed by atoms with Gasteiger partial charge in [-0.3, -0.25) is 0 Å². The molecule has 0 spiro atoms. The van der Waals surface area contributed by atoms with Gasteiger partial charge in [0.2, 0.25) is 0 Å². The van der Waals surface area contributed by atoms with E-state index >= 15 is 0 Å². The van der Waals surface area contributed by atoms with E-state index in [2.05, 4.69) is 19.0 Å². The molecular weight excluding hydrogens is 208 g/mol. The molecule has 2 rings (SSSR count). The summed E-state index contributed by atoms with van der Waals surface area (Å²) in [5, 5.41) is 0. The fourth-order valence-corrected chi connectivity index (χ4v) is 4.12. The quantitative estimate of drug-likeness (QED) is 0.797. The molecule has 0 heterocycles. The molecule has 0 aromatic rings. The van der Waals surface area contributed by atoms with Gasteiger partial charge in [0, 0.05) is 11.6 Å². The van der Waals surface area contributed by atoms with Crippen LogP contribution in [0.5, 0.6) is 0 Å². The van der Waals surface area contributed by atoms with E-state index in [-0.39, 0.29) is 0 Å². The number of hydrogen-bond acceptors (Lipinski definition) is 2. The van der Waals surface area contributed by atoms with Gasteiger partial charge < -0.3 is 10.6 Å². The number of likely N-dealkylation sites (N-methyl/N-ethyl adjacent to an activating group) is 1. The largest absolute Gasteiger partial charge is 0.326 e. The van der Waals surface area contributed by atoms with E-state index in [1.54, 1.807) is 0 Å². The Bertz CT molecular complexity index is 225. The zero-order valence-corrected chi connectivity index (χ0v) is 11.8. The van der Waals surface area contributed by atoms with E-state index in [1.165, 1.54) is 64.2 Å². The minimum absolute atomic E-state index is 0.318. The van der Waals surface area contributed by atoms with Gasteiger partial charge in [-0.1, -0.05) is 38.5 Å². The maximum atomic E-state index is 6.55. The third-order valence-corrected chi connectivity index (χ3v) is 5.41. The summed E-state index contributed by atoms with van der Waals surface area (Å²) in [6.07, 6.45) is 13.8. The lowest BCUT2D eigenvalue weighted by atomic mass is 9.83. The molecule has 0 aromatic carbocycles. The van der Waals surface area contributed by atoms with Crippen LogP contribution in [0, 0.1) is 5.92 Å². The Morgan fingerprint density at radius 1 is 1.12 bits per heavy atom. The van der Waals surface area contributed by atoms with Crippen LogP contribution < -0.4 is 5.73 Å². The van der Waals surface area contributed by atoms with E-state index in [9.17, 15) is 0 Å². The highest BCUT2D eigenvalue weighted by Crippen LogP contribution is 2.38. The third-order valence-electron chi connectivity index (χ3n) is 5.41. The van der Waals surface area contributed by atoms with Crippen molar-refractivity contribution in [1.82, 2.24) is 4.90 Å². The number of nitrogens with zero attached hydrogens (tertiary/aromatic N) is 1. The second-order valence-electron chi connectivity index (χ2n) is 6.54. The molecule has 2 N–H and O–H groups in total. The first-order valence-electron chi connectivity index (χ1n) is 7.58. The Morgan fingerprint density at radius 3 is 2.24 bits per heavy atom. The fraction of sp³-hybridized carbons (Fsp3) is 1.00. The van der Waals surface area contributed by atoms with Crippen molar-refractivity contribution in [3.63, 3.8) is 0 Å².